The van der Waals surface area contributed by atoms with Crippen molar-refractivity contribution in [2.75, 3.05) is 11.4 Å². The third-order valence-electron chi connectivity index (χ3n) is 3.87. The van der Waals surface area contributed by atoms with E-state index in [9.17, 15) is 9.59 Å². The summed E-state index contributed by atoms with van der Waals surface area (Å²) in [7, 11) is 0. The van der Waals surface area contributed by atoms with Crippen LogP contribution in [0.2, 0.25) is 0 Å². The molecule has 0 radical (unpaired) electrons. The van der Waals surface area contributed by atoms with Crippen LogP contribution < -0.4 is 10.2 Å². The van der Waals surface area contributed by atoms with Crippen molar-refractivity contribution < 1.29 is 9.59 Å². The van der Waals surface area contributed by atoms with E-state index in [2.05, 4.69) is 10.3 Å². The molecule has 2 aromatic rings. The average molecular weight is 341 g/mol. The molecule has 0 bridgehead atoms. The third kappa shape index (κ3) is 4.29. The normalized spacial score (nSPS) is 15.0. The van der Waals surface area contributed by atoms with Crippen molar-refractivity contribution in [3.8, 4) is 0 Å². The summed E-state index contributed by atoms with van der Waals surface area (Å²) in [6, 6.07) is 7.77. The number of amides is 2. The van der Waals surface area contributed by atoms with E-state index in [1.54, 1.807) is 11.6 Å². The number of piperidine rings is 1. The second-order valence-corrected chi connectivity index (χ2v) is 6.36. The standard InChI is InChI=1S/C18H19N3O2S/c22-17(8-7-15-12-24-13-20-15)19-11-14-4-3-5-16(10-14)21-9-2-1-6-18(21)23/h3-5,7-8,10,12-13H,1-2,6,9,11H2,(H,19,22)/b8-7-. The van der Waals surface area contributed by atoms with Crippen LogP contribution in [0.15, 0.2) is 41.2 Å². The fourth-order valence-electron chi connectivity index (χ4n) is 2.63. The van der Waals surface area contributed by atoms with Gasteiger partial charge in [0.2, 0.25) is 11.8 Å². The Kier molecular flexibility index (Phi) is 5.38. The van der Waals surface area contributed by atoms with Gasteiger partial charge in [-0.3, -0.25) is 9.59 Å². The minimum absolute atomic E-state index is 0.164. The van der Waals surface area contributed by atoms with Crippen molar-refractivity contribution in [1.82, 2.24) is 10.3 Å². The highest BCUT2D eigenvalue weighted by Gasteiger charge is 2.19. The molecule has 1 N–H and O–H groups in total. The first kappa shape index (κ1) is 16.4. The molecule has 1 fully saturated rings. The second kappa shape index (κ2) is 7.88. The number of rotatable bonds is 5. The summed E-state index contributed by atoms with van der Waals surface area (Å²) in [6.45, 7) is 1.20. The summed E-state index contributed by atoms with van der Waals surface area (Å²) in [4.78, 5) is 29.8. The van der Waals surface area contributed by atoms with Gasteiger partial charge in [0, 0.05) is 36.7 Å². The maximum Gasteiger partial charge on any atom is 0.244 e. The number of hydrogen-bond acceptors (Lipinski definition) is 4. The van der Waals surface area contributed by atoms with Crippen molar-refractivity contribution in [3.05, 3.63) is 52.5 Å². The van der Waals surface area contributed by atoms with Crippen LogP contribution in [0.25, 0.3) is 6.08 Å². The zero-order valence-corrected chi connectivity index (χ0v) is 14.1. The van der Waals surface area contributed by atoms with Gasteiger partial charge in [-0.2, -0.15) is 0 Å². The summed E-state index contributed by atoms with van der Waals surface area (Å²) >= 11 is 1.49. The molecule has 0 unspecified atom stereocenters. The summed E-state index contributed by atoms with van der Waals surface area (Å²) in [6.07, 6.45) is 5.79. The Labute approximate surface area is 145 Å². The number of carbonyl (C=O) groups excluding carboxylic acids is 2. The zero-order valence-electron chi connectivity index (χ0n) is 13.3. The lowest BCUT2D eigenvalue weighted by Crippen LogP contribution is -2.35. The lowest BCUT2D eigenvalue weighted by molar-refractivity contribution is -0.119. The molecule has 5 nitrogen and oxygen atoms in total. The van der Waals surface area contributed by atoms with Crippen molar-refractivity contribution >= 4 is 34.9 Å². The molecule has 0 saturated carbocycles. The Balaban J connectivity index is 1.58. The van der Waals surface area contributed by atoms with Crippen LogP contribution in [0.4, 0.5) is 5.69 Å². The van der Waals surface area contributed by atoms with Crippen molar-refractivity contribution in [2.24, 2.45) is 0 Å². The van der Waals surface area contributed by atoms with E-state index in [1.165, 1.54) is 17.4 Å². The molecule has 1 saturated heterocycles. The molecule has 0 aliphatic carbocycles. The number of aromatic nitrogens is 1. The monoisotopic (exact) mass is 341 g/mol. The fraction of sp³-hybridized carbons (Fsp3) is 0.278. The van der Waals surface area contributed by atoms with E-state index in [0.717, 1.165) is 36.3 Å². The Morgan fingerprint density at radius 2 is 2.29 bits per heavy atom. The van der Waals surface area contributed by atoms with Gasteiger partial charge in [0.05, 0.1) is 11.2 Å². The molecule has 1 aliphatic heterocycles. The highest BCUT2D eigenvalue weighted by Crippen LogP contribution is 2.21. The van der Waals surface area contributed by atoms with Gasteiger partial charge in [0.25, 0.3) is 0 Å². The van der Waals surface area contributed by atoms with Crippen LogP contribution in [0.3, 0.4) is 0 Å². The van der Waals surface area contributed by atoms with Gasteiger partial charge in [-0.05, 0) is 36.6 Å². The number of benzene rings is 1. The molecule has 1 aliphatic rings. The summed E-state index contributed by atoms with van der Waals surface area (Å²) < 4.78 is 0. The van der Waals surface area contributed by atoms with Gasteiger partial charge < -0.3 is 10.2 Å². The molecule has 3 rings (SSSR count). The molecular formula is C18H19N3O2S. The summed E-state index contributed by atoms with van der Waals surface area (Å²) in [5.41, 5.74) is 4.39. The molecule has 0 atom stereocenters. The highest BCUT2D eigenvalue weighted by molar-refractivity contribution is 7.07. The van der Waals surface area contributed by atoms with Crippen LogP contribution in [-0.4, -0.2) is 23.3 Å². The lowest BCUT2D eigenvalue weighted by Gasteiger charge is -2.27. The molecule has 1 aromatic carbocycles. The van der Waals surface area contributed by atoms with E-state index in [1.807, 2.05) is 34.5 Å². The largest absolute Gasteiger partial charge is 0.348 e. The van der Waals surface area contributed by atoms with Gasteiger partial charge >= 0.3 is 0 Å². The topological polar surface area (TPSA) is 62.3 Å². The van der Waals surface area contributed by atoms with E-state index in [-0.39, 0.29) is 11.8 Å². The number of carbonyl (C=O) groups is 2. The average Bonchev–Trinajstić information content (AvgIpc) is 3.12. The lowest BCUT2D eigenvalue weighted by atomic mass is 10.1. The van der Waals surface area contributed by atoms with E-state index >= 15 is 0 Å². The third-order valence-corrected chi connectivity index (χ3v) is 4.47. The Bertz CT molecular complexity index is 740. The van der Waals surface area contributed by atoms with Crippen LogP contribution >= 0.6 is 11.3 Å². The molecular weight excluding hydrogens is 322 g/mol. The molecule has 2 amide bonds. The van der Waals surface area contributed by atoms with Gasteiger partial charge in [-0.15, -0.1) is 11.3 Å². The van der Waals surface area contributed by atoms with Gasteiger partial charge in [-0.1, -0.05) is 12.1 Å². The van der Waals surface area contributed by atoms with Crippen LogP contribution in [-0.2, 0) is 16.1 Å². The predicted octanol–water partition coefficient (Wildman–Crippen LogP) is 2.99. The Hall–Kier alpha value is -2.47. The molecule has 24 heavy (non-hydrogen) atoms. The van der Waals surface area contributed by atoms with E-state index < -0.39 is 0 Å². The minimum Gasteiger partial charge on any atom is -0.348 e. The summed E-state index contributed by atoms with van der Waals surface area (Å²) in [5, 5.41) is 4.73. The molecule has 6 heteroatoms. The van der Waals surface area contributed by atoms with Crippen molar-refractivity contribution in [1.29, 1.82) is 0 Å². The van der Waals surface area contributed by atoms with Crippen LogP contribution in [0.5, 0.6) is 0 Å². The second-order valence-electron chi connectivity index (χ2n) is 5.64. The molecule has 2 heterocycles. The Morgan fingerprint density at radius 3 is 3.08 bits per heavy atom. The van der Waals surface area contributed by atoms with Gasteiger partial charge in [-0.25, -0.2) is 4.98 Å². The number of anilines is 1. The number of hydrogen-bond donors (Lipinski definition) is 1. The molecule has 124 valence electrons. The van der Waals surface area contributed by atoms with E-state index in [4.69, 9.17) is 0 Å². The first-order valence-electron chi connectivity index (χ1n) is 7.96. The SMILES string of the molecule is O=C(/C=C\c1cscn1)NCc1cccc(N2CCCCC2=O)c1. The van der Waals surface area contributed by atoms with Crippen molar-refractivity contribution in [3.63, 3.8) is 0 Å². The highest BCUT2D eigenvalue weighted by atomic mass is 32.1. The Morgan fingerprint density at radius 1 is 1.38 bits per heavy atom. The van der Waals surface area contributed by atoms with E-state index in [0.29, 0.717) is 13.0 Å². The molecule has 1 aromatic heterocycles. The fourth-order valence-corrected chi connectivity index (χ4v) is 3.15. The molecule has 0 spiro atoms. The van der Waals surface area contributed by atoms with Crippen LogP contribution in [0.1, 0.15) is 30.5 Å². The first-order valence-corrected chi connectivity index (χ1v) is 8.90. The predicted molar refractivity (Wildman–Crippen MR) is 95.6 cm³/mol. The smallest absolute Gasteiger partial charge is 0.244 e. The van der Waals surface area contributed by atoms with Crippen molar-refractivity contribution in [2.45, 2.75) is 25.8 Å². The number of nitrogens with one attached hydrogen (secondary N) is 1. The van der Waals surface area contributed by atoms with Crippen LogP contribution in [0, 0.1) is 0 Å². The zero-order chi connectivity index (χ0) is 16.8. The maximum atomic E-state index is 12.0. The van der Waals surface area contributed by atoms with Gasteiger partial charge in [0.15, 0.2) is 0 Å². The minimum atomic E-state index is -0.164. The summed E-state index contributed by atoms with van der Waals surface area (Å²) in [5.74, 6) is 0.0103. The number of thiazole rings is 1. The maximum absolute atomic E-state index is 12.0. The number of nitrogens with zero attached hydrogens (tertiary/aromatic N) is 2. The van der Waals surface area contributed by atoms with Gasteiger partial charge in [0.1, 0.15) is 0 Å². The quantitative estimate of drug-likeness (QED) is 0.851. The first-order chi connectivity index (χ1) is 11.7.